The molecule has 0 aliphatic heterocycles. The summed E-state index contributed by atoms with van der Waals surface area (Å²) in [7, 11) is 0. The molecule has 0 saturated carbocycles. The van der Waals surface area contributed by atoms with E-state index in [0.29, 0.717) is 0 Å². The molecule has 2 nitrogen and oxygen atoms in total. The van der Waals surface area contributed by atoms with E-state index in [1.54, 1.807) is 6.20 Å². The van der Waals surface area contributed by atoms with Gasteiger partial charge in [-0.25, -0.2) is 0 Å². The van der Waals surface area contributed by atoms with Crippen molar-refractivity contribution in [2.45, 2.75) is 13.3 Å². The summed E-state index contributed by atoms with van der Waals surface area (Å²) in [6.07, 6.45) is 2.65. The monoisotopic (exact) mass is 186 g/mol. The minimum Gasteiger partial charge on any atom is -0.270 e. The minimum atomic E-state index is 0.752. The number of nitrogens with zero attached hydrogens (tertiary/aromatic N) is 2. The highest BCUT2D eigenvalue weighted by atomic mass is 14.8. The van der Waals surface area contributed by atoms with Gasteiger partial charge in [0.25, 0.3) is 0 Å². The van der Waals surface area contributed by atoms with Gasteiger partial charge >= 0.3 is 0 Å². The molecule has 0 aliphatic carbocycles. The first kappa shape index (κ1) is 10.4. The van der Waals surface area contributed by atoms with E-state index in [2.05, 4.69) is 42.5 Å². The molecule has 72 valence electrons. The lowest BCUT2D eigenvalue weighted by molar-refractivity contribution is 1.14. The van der Waals surface area contributed by atoms with E-state index in [1.807, 2.05) is 12.1 Å². The number of hydrogen-bond acceptors (Lipinski definition) is 2. The van der Waals surface area contributed by atoms with Crippen molar-refractivity contribution < 1.29 is 0 Å². The zero-order valence-electron chi connectivity index (χ0n) is 8.40. The summed E-state index contributed by atoms with van der Waals surface area (Å²) < 4.78 is 0. The highest BCUT2D eigenvalue weighted by Gasteiger charge is 1.97. The first-order chi connectivity index (χ1) is 6.81. The van der Waals surface area contributed by atoms with Crippen molar-refractivity contribution in [2.75, 3.05) is 0 Å². The predicted octanol–water partition coefficient (Wildman–Crippen LogP) is 2.95. The molecule has 0 heterocycles. The van der Waals surface area contributed by atoms with Crippen LogP contribution in [0.15, 0.2) is 40.5 Å². The van der Waals surface area contributed by atoms with Crippen molar-refractivity contribution in [3.63, 3.8) is 0 Å². The third-order valence-electron chi connectivity index (χ3n) is 2.04. The van der Waals surface area contributed by atoms with Crippen molar-refractivity contribution in [1.29, 1.82) is 0 Å². The van der Waals surface area contributed by atoms with Crippen LogP contribution < -0.4 is 0 Å². The van der Waals surface area contributed by atoms with Crippen LogP contribution in [0.5, 0.6) is 0 Å². The van der Waals surface area contributed by atoms with Crippen molar-refractivity contribution in [3.8, 4) is 0 Å². The summed E-state index contributed by atoms with van der Waals surface area (Å²) in [6.45, 7) is 9.01. The molecule has 0 fully saturated rings. The van der Waals surface area contributed by atoms with E-state index >= 15 is 0 Å². The van der Waals surface area contributed by atoms with Crippen LogP contribution in [-0.2, 0) is 6.42 Å². The van der Waals surface area contributed by atoms with Crippen molar-refractivity contribution in [2.24, 2.45) is 9.98 Å². The molecule has 0 unspecified atom stereocenters. The summed E-state index contributed by atoms with van der Waals surface area (Å²) in [5, 5.41) is 0. The van der Waals surface area contributed by atoms with Crippen LogP contribution >= 0.6 is 0 Å². The molecule has 0 spiro atoms. The second kappa shape index (κ2) is 5.12. The van der Waals surface area contributed by atoms with Crippen LogP contribution in [0.2, 0.25) is 0 Å². The quantitative estimate of drug-likeness (QED) is 0.646. The third-order valence-corrected chi connectivity index (χ3v) is 2.04. The summed E-state index contributed by atoms with van der Waals surface area (Å²) in [5.74, 6) is 0. The van der Waals surface area contributed by atoms with Gasteiger partial charge in [0.15, 0.2) is 0 Å². The zero-order chi connectivity index (χ0) is 10.4. The lowest BCUT2D eigenvalue weighted by Gasteiger charge is -2.01. The van der Waals surface area contributed by atoms with Gasteiger partial charge in [0.05, 0.1) is 11.9 Å². The van der Waals surface area contributed by atoms with Crippen LogP contribution in [0.1, 0.15) is 18.1 Å². The van der Waals surface area contributed by atoms with E-state index in [9.17, 15) is 0 Å². The Hall–Kier alpha value is -1.70. The predicted molar refractivity (Wildman–Crippen MR) is 62.9 cm³/mol. The highest BCUT2D eigenvalue weighted by Crippen LogP contribution is 2.16. The van der Waals surface area contributed by atoms with E-state index in [0.717, 1.165) is 17.7 Å². The Morgan fingerprint density at radius 3 is 2.36 bits per heavy atom. The van der Waals surface area contributed by atoms with Gasteiger partial charge in [0, 0.05) is 5.56 Å². The largest absolute Gasteiger partial charge is 0.270 e. The first-order valence-corrected chi connectivity index (χ1v) is 4.53. The lowest BCUT2D eigenvalue weighted by atomic mass is 10.1. The molecule has 0 saturated heterocycles. The maximum Gasteiger partial charge on any atom is 0.0876 e. The second-order valence-corrected chi connectivity index (χ2v) is 2.91. The number of aliphatic imine (C=N–C) groups is 2. The Morgan fingerprint density at radius 2 is 1.93 bits per heavy atom. The molecular formula is C12H14N2. The van der Waals surface area contributed by atoms with E-state index in [1.165, 1.54) is 5.56 Å². The zero-order valence-corrected chi connectivity index (χ0v) is 8.40. The van der Waals surface area contributed by atoms with Gasteiger partial charge in [-0.3, -0.25) is 9.98 Å². The molecule has 14 heavy (non-hydrogen) atoms. The molecule has 1 aromatic carbocycles. The van der Waals surface area contributed by atoms with Crippen molar-refractivity contribution in [3.05, 3.63) is 41.6 Å². The van der Waals surface area contributed by atoms with Gasteiger partial charge in [-0.2, -0.15) is 0 Å². The average molecular weight is 186 g/mol. The maximum atomic E-state index is 3.88. The molecular weight excluding hydrogens is 172 g/mol. The summed E-state index contributed by atoms with van der Waals surface area (Å²) in [5.41, 5.74) is 3.08. The van der Waals surface area contributed by atoms with Gasteiger partial charge < -0.3 is 0 Å². The first-order valence-electron chi connectivity index (χ1n) is 4.53. The average Bonchev–Trinajstić information content (AvgIpc) is 2.26. The highest BCUT2D eigenvalue weighted by molar-refractivity contribution is 5.68. The Labute approximate surface area is 84.7 Å². The molecule has 0 amide bonds. The summed E-state index contributed by atoms with van der Waals surface area (Å²) >= 11 is 0. The smallest absolute Gasteiger partial charge is 0.0876 e. The number of benzene rings is 1. The van der Waals surface area contributed by atoms with E-state index in [-0.39, 0.29) is 0 Å². The molecule has 0 aromatic heterocycles. The van der Waals surface area contributed by atoms with Gasteiger partial charge in [0.1, 0.15) is 0 Å². The van der Waals surface area contributed by atoms with Gasteiger partial charge in [-0.15, -0.1) is 0 Å². The van der Waals surface area contributed by atoms with Crippen LogP contribution in [0.4, 0.5) is 0 Å². The van der Waals surface area contributed by atoms with Crippen LogP contribution in [0, 0.1) is 0 Å². The Bertz CT molecular complexity index is 347. The normalized spacial score (nSPS) is 11.1. The standard InChI is InChI=1S/C12H14N2/c1-4-10-5-7-11(8-6-10)12(14-3)9-13-2/h5-9H,2-4H2,1H3/b12-9-. The molecule has 0 radical (unpaired) electrons. The van der Waals surface area contributed by atoms with Crippen LogP contribution in [0.3, 0.4) is 0 Å². The fourth-order valence-electron chi connectivity index (χ4n) is 1.20. The lowest BCUT2D eigenvalue weighted by Crippen LogP contribution is -1.83. The van der Waals surface area contributed by atoms with Crippen molar-refractivity contribution >= 4 is 19.1 Å². The number of aryl methyl sites for hydroxylation is 1. The molecule has 1 aromatic rings. The maximum absolute atomic E-state index is 3.88. The fourth-order valence-corrected chi connectivity index (χ4v) is 1.20. The summed E-state index contributed by atoms with van der Waals surface area (Å²) in [4.78, 5) is 7.56. The second-order valence-electron chi connectivity index (χ2n) is 2.91. The molecule has 0 aliphatic rings. The Morgan fingerprint density at radius 1 is 1.29 bits per heavy atom. The van der Waals surface area contributed by atoms with E-state index in [4.69, 9.17) is 0 Å². The molecule has 0 N–H and O–H groups in total. The van der Waals surface area contributed by atoms with Crippen molar-refractivity contribution in [1.82, 2.24) is 0 Å². The van der Waals surface area contributed by atoms with Gasteiger partial charge in [-0.1, -0.05) is 31.2 Å². The Kier molecular flexibility index (Phi) is 3.80. The SMILES string of the molecule is C=N/C=C(\N=C)c1ccc(CC)cc1. The Balaban J connectivity index is 3.00. The van der Waals surface area contributed by atoms with Gasteiger partial charge in [0.2, 0.25) is 0 Å². The molecule has 2 heteroatoms. The fraction of sp³-hybridized carbons (Fsp3) is 0.167. The summed E-state index contributed by atoms with van der Waals surface area (Å²) in [6, 6.07) is 8.20. The molecule has 1 rings (SSSR count). The molecule has 0 bridgehead atoms. The number of rotatable bonds is 4. The number of hydrogen-bond donors (Lipinski definition) is 0. The van der Waals surface area contributed by atoms with Crippen LogP contribution in [0.25, 0.3) is 5.70 Å². The minimum absolute atomic E-state index is 0.752. The molecule has 0 atom stereocenters. The third kappa shape index (κ3) is 2.39. The topological polar surface area (TPSA) is 24.7 Å². The van der Waals surface area contributed by atoms with Crippen LogP contribution in [-0.4, -0.2) is 13.4 Å². The van der Waals surface area contributed by atoms with Gasteiger partial charge in [-0.05, 0) is 25.4 Å². The van der Waals surface area contributed by atoms with E-state index < -0.39 is 0 Å².